The van der Waals surface area contributed by atoms with Crippen molar-refractivity contribution >= 4 is 11.9 Å². The summed E-state index contributed by atoms with van der Waals surface area (Å²) in [5.74, 6) is -0.643. The molecule has 0 aromatic rings. The van der Waals surface area contributed by atoms with Crippen LogP contribution in [0.15, 0.2) is 146 Å². The van der Waals surface area contributed by atoms with Crippen molar-refractivity contribution in [1.82, 2.24) is 0 Å². The minimum Gasteiger partial charge on any atom is -0.462 e. The third kappa shape index (κ3) is 54.4. The van der Waals surface area contributed by atoms with Gasteiger partial charge in [-0.3, -0.25) is 9.59 Å². The number of aliphatic hydroxyl groups excluding tert-OH is 1. The molecule has 0 radical (unpaired) electrons. The van der Waals surface area contributed by atoms with Crippen molar-refractivity contribution in [1.29, 1.82) is 0 Å². The van der Waals surface area contributed by atoms with E-state index in [2.05, 4.69) is 160 Å². The Kier molecular flexibility index (Phi) is 53.6. The van der Waals surface area contributed by atoms with Crippen LogP contribution in [0.25, 0.3) is 0 Å². The van der Waals surface area contributed by atoms with E-state index < -0.39 is 6.10 Å². The Morgan fingerprint density at radius 3 is 0.985 bits per heavy atom. The molecule has 0 saturated heterocycles. The summed E-state index contributed by atoms with van der Waals surface area (Å²) in [6.45, 7) is 3.98. The number of ether oxygens (including phenoxy) is 2. The summed E-state index contributed by atoms with van der Waals surface area (Å²) in [5, 5.41) is 9.63. The fraction of sp³-hybridized carbons (Fsp3) is 0.587. The first-order chi connectivity index (χ1) is 33.6. The lowest BCUT2D eigenvalue weighted by Gasteiger charge is -2.15. The molecule has 5 heteroatoms. The van der Waals surface area contributed by atoms with Gasteiger partial charge in [0.25, 0.3) is 0 Å². The number of carbonyl (C=O) groups is 2. The van der Waals surface area contributed by atoms with E-state index in [1.54, 1.807) is 0 Å². The maximum Gasteiger partial charge on any atom is 0.306 e. The zero-order valence-electron chi connectivity index (χ0n) is 43.6. The molecular formula is C63H100O5. The smallest absolute Gasteiger partial charge is 0.306 e. The van der Waals surface area contributed by atoms with Gasteiger partial charge < -0.3 is 14.6 Å². The molecule has 382 valence electrons. The molecule has 0 rings (SSSR count). The first kappa shape index (κ1) is 63.8. The van der Waals surface area contributed by atoms with Crippen LogP contribution in [0.2, 0.25) is 0 Å². The van der Waals surface area contributed by atoms with Crippen LogP contribution in [0, 0.1) is 0 Å². The molecule has 1 N–H and O–H groups in total. The van der Waals surface area contributed by atoms with Crippen LogP contribution in [-0.4, -0.2) is 36.4 Å². The van der Waals surface area contributed by atoms with Gasteiger partial charge in [-0.1, -0.05) is 230 Å². The van der Waals surface area contributed by atoms with Crippen molar-refractivity contribution in [3.05, 3.63) is 146 Å². The molecule has 5 nitrogen and oxygen atoms in total. The van der Waals surface area contributed by atoms with Crippen molar-refractivity contribution in [3.8, 4) is 0 Å². The van der Waals surface area contributed by atoms with Crippen LogP contribution in [0.1, 0.15) is 219 Å². The second-order valence-corrected chi connectivity index (χ2v) is 17.6. The number of aliphatic hydroxyl groups is 1. The van der Waals surface area contributed by atoms with Gasteiger partial charge in [-0.25, -0.2) is 0 Å². The number of unbranched alkanes of at least 4 members (excludes halogenated alkanes) is 16. The number of esters is 2. The van der Waals surface area contributed by atoms with E-state index in [9.17, 15) is 14.7 Å². The van der Waals surface area contributed by atoms with Crippen LogP contribution in [0.5, 0.6) is 0 Å². The molecular weight excluding hydrogens is 837 g/mol. The Bertz CT molecular complexity index is 1480. The monoisotopic (exact) mass is 937 g/mol. The summed E-state index contributed by atoms with van der Waals surface area (Å²) in [6.07, 6.45) is 86.6. The second kappa shape index (κ2) is 57.1. The molecule has 0 fully saturated rings. The molecule has 0 aliphatic carbocycles. The summed E-state index contributed by atoms with van der Waals surface area (Å²) < 4.78 is 10.6. The molecule has 0 aromatic carbocycles. The molecule has 1 atom stereocenters. The zero-order valence-corrected chi connectivity index (χ0v) is 43.6. The molecule has 0 bridgehead atoms. The van der Waals surface area contributed by atoms with Crippen LogP contribution >= 0.6 is 0 Å². The van der Waals surface area contributed by atoms with Crippen LogP contribution in [0.3, 0.4) is 0 Å². The number of allylic oxidation sites excluding steroid dienone is 24. The highest BCUT2D eigenvalue weighted by molar-refractivity contribution is 5.70. The van der Waals surface area contributed by atoms with Gasteiger partial charge in [0.2, 0.25) is 0 Å². The molecule has 1 unspecified atom stereocenters. The number of hydrogen-bond donors (Lipinski definition) is 1. The van der Waals surface area contributed by atoms with Gasteiger partial charge in [0.1, 0.15) is 6.61 Å². The molecule has 0 spiro atoms. The van der Waals surface area contributed by atoms with Crippen molar-refractivity contribution < 1.29 is 24.2 Å². The normalized spacial score (nSPS) is 13.4. The standard InChI is InChI=1S/C63H100O5/c1-3-5-7-9-11-13-15-17-19-21-22-23-24-25-26-27-28-29-30-31-32-33-34-35-36-37-38-39-40-42-44-46-48-50-52-54-56-58-63(66)68-61(59-64)60-67-62(65)57-55-53-51-49-47-45-43-41-20-18-16-14-12-10-8-6-4-2/h5,7,11,13,17-20,22-23,25-26,28-29,31-32,34-35,37-38,40,42,46,48,61,64H,3-4,6,8-10,12,14-16,21,24,27,30,33,36,39,41,43-45,47,49-60H2,1-2H3/b7-5-,13-11-,19-17-,20-18-,23-22-,26-25-,29-28-,32-31-,35-34-,38-37-,42-40-,48-46-. The van der Waals surface area contributed by atoms with Gasteiger partial charge in [0.05, 0.1) is 6.61 Å². The van der Waals surface area contributed by atoms with Crippen molar-refractivity contribution in [3.63, 3.8) is 0 Å². The summed E-state index contributed by atoms with van der Waals surface area (Å²) in [5.41, 5.74) is 0. The van der Waals surface area contributed by atoms with Gasteiger partial charge in [0.15, 0.2) is 6.10 Å². The van der Waals surface area contributed by atoms with E-state index in [0.717, 1.165) is 116 Å². The van der Waals surface area contributed by atoms with Crippen LogP contribution in [-0.2, 0) is 19.1 Å². The average molecular weight is 937 g/mol. The highest BCUT2D eigenvalue weighted by Crippen LogP contribution is 2.13. The Morgan fingerprint density at radius 1 is 0.353 bits per heavy atom. The van der Waals surface area contributed by atoms with E-state index >= 15 is 0 Å². The van der Waals surface area contributed by atoms with Gasteiger partial charge in [-0.2, -0.15) is 0 Å². The third-order valence-electron chi connectivity index (χ3n) is 11.1. The van der Waals surface area contributed by atoms with Crippen molar-refractivity contribution in [2.24, 2.45) is 0 Å². The fourth-order valence-corrected chi connectivity index (χ4v) is 7.02. The van der Waals surface area contributed by atoms with E-state index in [4.69, 9.17) is 9.47 Å². The minimum absolute atomic E-state index is 0.0902. The van der Waals surface area contributed by atoms with E-state index in [-0.39, 0.29) is 25.2 Å². The van der Waals surface area contributed by atoms with Crippen molar-refractivity contribution in [2.45, 2.75) is 225 Å². The SMILES string of the molecule is CC/C=C\C/C=C\C/C=C\C/C=C\C/C=C\C/C=C\C/C=C\C/C=C\C/C=C\C/C=C\C/C=C\CCCCCC(=O)OC(CO)COC(=O)CCCCCCCCC/C=C\CCCCCCCC. The average Bonchev–Trinajstić information content (AvgIpc) is 3.34. The summed E-state index contributed by atoms with van der Waals surface area (Å²) >= 11 is 0. The number of hydrogen-bond acceptors (Lipinski definition) is 5. The van der Waals surface area contributed by atoms with Gasteiger partial charge >= 0.3 is 11.9 Å². The van der Waals surface area contributed by atoms with E-state index in [1.165, 1.54) is 77.0 Å². The Hall–Kier alpha value is -4.22. The molecule has 0 heterocycles. The molecule has 0 saturated carbocycles. The summed E-state index contributed by atoms with van der Waals surface area (Å²) in [6, 6.07) is 0. The lowest BCUT2D eigenvalue weighted by molar-refractivity contribution is -0.161. The highest BCUT2D eigenvalue weighted by atomic mass is 16.6. The van der Waals surface area contributed by atoms with Crippen molar-refractivity contribution in [2.75, 3.05) is 13.2 Å². The largest absolute Gasteiger partial charge is 0.462 e. The lowest BCUT2D eigenvalue weighted by Crippen LogP contribution is -2.28. The Labute approximate surface area is 418 Å². The fourth-order valence-electron chi connectivity index (χ4n) is 7.02. The number of carbonyl (C=O) groups excluding carboxylic acids is 2. The second-order valence-electron chi connectivity index (χ2n) is 17.6. The van der Waals surface area contributed by atoms with Crippen LogP contribution in [0.4, 0.5) is 0 Å². The maximum atomic E-state index is 12.3. The van der Waals surface area contributed by atoms with E-state index in [1.807, 2.05) is 0 Å². The molecule has 0 aromatic heterocycles. The summed E-state index contributed by atoms with van der Waals surface area (Å²) in [4.78, 5) is 24.4. The summed E-state index contributed by atoms with van der Waals surface area (Å²) in [7, 11) is 0. The first-order valence-corrected chi connectivity index (χ1v) is 27.4. The molecule has 68 heavy (non-hydrogen) atoms. The molecule has 0 aliphatic rings. The van der Waals surface area contributed by atoms with Gasteiger partial charge in [-0.15, -0.1) is 0 Å². The maximum absolute atomic E-state index is 12.3. The lowest BCUT2D eigenvalue weighted by atomic mass is 10.1. The van der Waals surface area contributed by atoms with E-state index in [0.29, 0.717) is 12.8 Å². The zero-order chi connectivity index (χ0) is 49.2. The molecule has 0 aliphatic heterocycles. The predicted molar refractivity (Wildman–Crippen MR) is 297 cm³/mol. The topological polar surface area (TPSA) is 72.8 Å². The van der Waals surface area contributed by atoms with Gasteiger partial charge in [-0.05, 0) is 122 Å². The quantitative estimate of drug-likeness (QED) is 0.0374. The Balaban J connectivity index is 3.69. The minimum atomic E-state index is -0.802. The van der Waals surface area contributed by atoms with Gasteiger partial charge in [0, 0.05) is 12.8 Å². The van der Waals surface area contributed by atoms with Crippen LogP contribution < -0.4 is 0 Å². The predicted octanol–water partition coefficient (Wildman–Crippen LogP) is 18.6. The Morgan fingerprint density at radius 2 is 0.632 bits per heavy atom. The highest BCUT2D eigenvalue weighted by Gasteiger charge is 2.16. The third-order valence-corrected chi connectivity index (χ3v) is 11.1. The molecule has 0 amide bonds. The first-order valence-electron chi connectivity index (χ1n) is 27.4. The number of rotatable bonds is 48.